The Bertz CT molecular complexity index is 462. The molecule has 2 aliphatic heterocycles. The third kappa shape index (κ3) is 10.2. The molecule has 2 heterocycles. The fourth-order valence-corrected chi connectivity index (χ4v) is 2.17. The molecule has 0 saturated carbocycles. The Kier molecular flexibility index (Phi) is 14.1. The summed E-state index contributed by atoms with van der Waals surface area (Å²) in [6.07, 6.45) is 10.6. The standard InChI is InChI=1S/C8H16N3O.C8H12N3O.Ni/c2*9-8(11-5-6-12)7-3-1-2-4-10-7;/h7,12H,1-6H2,(H2,9,11);1-4,7,12H,5-6H2,(H2,9,11);/q2*-1;+2. The Morgan fingerprint density at radius 2 is 1.72 bits per heavy atom. The van der Waals surface area contributed by atoms with E-state index in [2.05, 4.69) is 20.6 Å². The van der Waals surface area contributed by atoms with E-state index >= 15 is 0 Å². The zero-order chi connectivity index (χ0) is 17.6. The first-order valence-corrected chi connectivity index (χ1v) is 8.20. The number of nitrogens with zero attached hydrogens (tertiary/aromatic N) is 4. The zero-order valence-corrected chi connectivity index (χ0v) is 15.3. The molecule has 2 atom stereocenters. The van der Waals surface area contributed by atoms with Gasteiger partial charge in [-0.15, -0.1) is 6.54 Å². The third-order valence-corrected chi connectivity index (χ3v) is 3.41. The van der Waals surface area contributed by atoms with Crippen molar-refractivity contribution in [2.24, 2.45) is 21.5 Å². The summed E-state index contributed by atoms with van der Waals surface area (Å²) in [5.74, 6) is 1.04. The van der Waals surface area contributed by atoms with E-state index < -0.39 is 0 Å². The average molecular weight is 395 g/mol. The summed E-state index contributed by atoms with van der Waals surface area (Å²) in [6.45, 7) is 1.73. The van der Waals surface area contributed by atoms with E-state index in [1.807, 2.05) is 18.2 Å². The van der Waals surface area contributed by atoms with E-state index in [1.165, 1.54) is 12.8 Å². The molecule has 0 aliphatic carbocycles. The Balaban J connectivity index is 0.000000443. The van der Waals surface area contributed by atoms with Crippen LogP contribution < -0.4 is 11.5 Å². The molecule has 0 aromatic rings. The largest absolute Gasteiger partial charge is 2.00 e. The number of hydrogen-bond donors (Lipinski definition) is 4. The Hall–Kier alpha value is -1.41. The molecule has 0 radical (unpaired) electrons. The van der Waals surface area contributed by atoms with Crippen molar-refractivity contribution >= 4 is 11.7 Å². The van der Waals surface area contributed by atoms with Crippen molar-refractivity contribution < 1.29 is 26.7 Å². The Morgan fingerprint density at radius 3 is 2.24 bits per heavy atom. The van der Waals surface area contributed by atoms with E-state index in [1.54, 1.807) is 6.20 Å². The van der Waals surface area contributed by atoms with E-state index in [4.69, 9.17) is 21.7 Å². The first-order chi connectivity index (χ1) is 11.7. The molecule has 2 rings (SSSR count). The van der Waals surface area contributed by atoms with Crippen LogP contribution in [0.25, 0.3) is 10.6 Å². The van der Waals surface area contributed by atoms with Crippen molar-refractivity contribution in [2.75, 3.05) is 32.8 Å². The molecule has 9 heteroatoms. The maximum Gasteiger partial charge on any atom is 2.00 e. The number of nitrogens with two attached hydrogens (primary N) is 2. The van der Waals surface area contributed by atoms with Gasteiger partial charge in [0.2, 0.25) is 0 Å². The number of piperidine rings is 1. The van der Waals surface area contributed by atoms with Crippen LogP contribution in [0.2, 0.25) is 0 Å². The molecular formula is C16H28N6NiO2. The predicted octanol–water partition coefficient (Wildman–Crippen LogP) is 0.421. The molecule has 2 aliphatic rings. The van der Waals surface area contributed by atoms with Crippen molar-refractivity contribution in [1.29, 1.82) is 0 Å². The fourth-order valence-electron chi connectivity index (χ4n) is 2.17. The van der Waals surface area contributed by atoms with Gasteiger partial charge in [-0.25, -0.2) is 0 Å². The van der Waals surface area contributed by atoms with Crippen LogP contribution in [0.3, 0.4) is 0 Å². The molecule has 0 aromatic heterocycles. The number of hydrogen-bond acceptors (Lipinski definition) is 4. The van der Waals surface area contributed by atoms with Gasteiger partial charge in [-0.2, -0.15) is 6.20 Å². The Morgan fingerprint density at radius 1 is 1.04 bits per heavy atom. The normalized spacial score (nSPS) is 23.1. The van der Waals surface area contributed by atoms with Gasteiger partial charge in [-0.1, -0.05) is 43.5 Å². The maximum absolute atomic E-state index is 8.52. The van der Waals surface area contributed by atoms with Gasteiger partial charge >= 0.3 is 16.5 Å². The maximum atomic E-state index is 8.52. The minimum absolute atomic E-state index is 0. The molecule has 0 bridgehead atoms. The average Bonchev–Trinajstić information content (AvgIpc) is 2.66. The monoisotopic (exact) mass is 394 g/mol. The first kappa shape index (κ1) is 23.6. The molecule has 6 N–H and O–H groups in total. The van der Waals surface area contributed by atoms with Gasteiger partial charge in [-0.3, -0.25) is 9.98 Å². The Labute approximate surface area is 159 Å². The summed E-state index contributed by atoms with van der Waals surface area (Å²) in [6, 6.07) is -0.0353. The van der Waals surface area contributed by atoms with Crippen LogP contribution in [0.5, 0.6) is 0 Å². The summed E-state index contributed by atoms with van der Waals surface area (Å²) < 4.78 is 0. The van der Waals surface area contributed by atoms with Gasteiger partial charge in [0, 0.05) is 0 Å². The molecular weight excluding hydrogens is 367 g/mol. The topological polar surface area (TPSA) is 145 Å². The van der Waals surface area contributed by atoms with Crippen LogP contribution in [0.15, 0.2) is 34.4 Å². The first-order valence-electron chi connectivity index (χ1n) is 8.20. The summed E-state index contributed by atoms with van der Waals surface area (Å²) in [5, 5.41) is 25.4. The minimum Gasteiger partial charge on any atom is -0.679 e. The van der Waals surface area contributed by atoms with Crippen molar-refractivity contribution in [3.05, 3.63) is 35.1 Å². The van der Waals surface area contributed by atoms with E-state index in [-0.39, 0.29) is 41.8 Å². The van der Waals surface area contributed by atoms with Crippen molar-refractivity contribution in [3.8, 4) is 0 Å². The van der Waals surface area contributed by atoms with Crippen molar-refractivity contribution in [2.45, 2.75) is 31.3 Å². The summed E-state index contributed by atoms with van der Waals surface area (Å²) in [4.78, 5) is 7.95. The van der Waals surface area contributed by atoms with Crippen molar-refractivity contribution in [1.82, 2.24) is 0 Å². The van der Waals surface area contributed by atoms with Gasteiger partial charge in [0.05, 0.1) is 38.0 Å². The number of rotatable bonds is 6. The summed E-state index contributed by atoms with van der Waals surface area (Å²) in [5.41, 5.74) is 11.3. The van der Waals surface area contributed by atoms with Gasteiger partial charge < -0.3 is 32.3 Å². The van der Waals surface area contributed by atoms with Gasteiger partial charge in [0.25, 0.3) is 0 Å². The molecule has 2 unspecified atom stereocenters. The fraction of sp³-hybridized carbons (Fsp3) is 0.625. The van der Waals surface area contributed by atoms with Crippen LogP contribution in [-0.2, 0) is 16.5 Å². The van der Waals surface area contributed by atoms with Gasteiger partial charge in [0.15, 0.2) is 0 Å². The molecule has 1 fully saturated rings. The van der Waals surface area contributed by atoms with Gasteiger partial charge in [-0.05, 0) is 6.04 Å². The number of amidine groups is 2. The van der Waals surface area contributed by atoms with Crippen molar-refractivity contribution in [3.63, 3.8) is 0 Å². The number of aliphatic hydroxyl groups is 2. The summed E-state index contributed by atoms with van der Waals surface area (Å²) in [7, 11) is 0. The zero-order valence-electron chi connectivity index (χ0n) is 14.3. The quantitative estimate of drug-likeness (QED) is 0.293. The molecule has 0 amide bonds. The number of allylic oxidation sites excluding steroid dienone is 2. The number of aliphatic imine (C=N–C) groups is 2. The van der Waals surface area contributed by atoms with Crippen LogP contribution >= 0.6 is 0 Å². The van der Waals surface area contributed by atoms with Crippen LogP contribution in [-0.4, -0.2) is 66.8 Å². The molecule has 144 valence electrons. The molecule has 25 heavy (non-hydrogen) atoms. The second-order valence-electron chi connectivity index (χ2n) is 5.30. The van der Waals surface area contributed by atoms with Crippen LogP contribution in [0.4, 0.5) is 0 Å². The molecule has 0 aromatic carbocycles. The van der Waals surface area contributed by atoms with E-state index in [0.29, 0.717) is 24.8 Å². The second-order valence-corrected chi connectivity index (χ2v) is 5.30. The summed E-state index contributed by atoms with van der Waals surface area (Å²) >= 11 is 0. The number of aliphatic hydroxyl groups excluding tert-OH is 2. The smallest absolute Gasteiger partial charge is 0.679 e. The third-order valence-electron chi connectivity index (χ3n) is 3.41. The predicted molar refractivity (Wildman–Crippen MR) is 98.4 cm³/mol. The van der Waals surface area contributed by atoms with E-state index in [0.717, 1.165) is 13.0 Å². The van der Waals surface area contributed by atoms with Gasteiger partial charge in [0.1, 0.15) is 0 Å². The van der Waals surface area contributed by atoms with E-state index in [9.17, 15) is 0 Å². The molecule has 0 spiro atoms. The minimum atomic E-state index is -0.151. The van der Waals surface area contributed by atoms with Crippen LogP contribution in [0.1, 0.15) is 19.3 Å². The molecule has 8 nitrogen and oxygen atoms in total. The second kappa shape index (κ2) is 14.9. The SMILES string of the molecule is NC(=NCCO)C1C=CC=C[N-]1.NC(=NCCO)C1CCCC[N-]1.[Ni+2]. The van der Waals surface area contributed by atoms with Crippen LogP contribution in [0, 0.1) is 0 Å². The molecule has 1 saturated heterocycles.